The van der Waals surface area contributed by atoms with Gasteiger partial charge >= 0.3 is 5.97 Å². The number of ether oxygens (including phenoxy) is 1. The molecule has 1 aromatic carbocycles. The molecule has 0 atom stereocenters. The Kier molecular flexibility index (Phi) is 6.91. The van der Waals surface area contributed by atoms with Crippen molar-refractivity contribution in [3.63, 3.8) is 0 Å². The van der Waals surface area contributed by atoms with E-state index in [-0.39, 0.29) is 0 Å². The second kappa shape index (κ2) is 8.19. The first kappa shape index (κ1) is 16.0. The Labute approximate surface area is 127 Å². The zero-order valence-electron chi connectivity index (χ0n) is 11.3. The lowest BCUT2D eigenvalue weighted by molar-refractivity contribution is -0.132. The Morgan fingerprint density at radius 1 is 1.42 bits per heavy atom. The molecule has 1 N–H and O–H groups in total. The summed E-state index contributed by atoms with van der Waals surface area (Å²) < 4.78 is 6.75. The quantitative estimate of drug-likeness (QED) is 0.439. The van der Waals surface area contributed by atoms with Gasteiger partial charge in [-0.25, -0.2) is 4.79 Å². The van der Waals surface area contributed by atoms with Gasteiger partial charge in [0, 0.05) is 5.57 Å². The molecule has 4 heteroatoms. The van der Waals surface area contributed by atoms with Gasteiger partial charge in [-0.3, -0.25) is 0 Å². The van der Waals surface area contributed by atoms with Gasteiger partial charge < -0.3 is 9.84 Å². The molecule has 1 aromatic rings. The molecule has 0 bridgehead atoms. The number of unbranched alkanes of at least 4 members (excludes halogenated alkanes) is 1. The molecule has 0 fully saturated rings. The summed E-state index contributed by atoms with van der Waals surface area (Å²) in [5, 5.41) is 9.03. The second-order valence-corrected chi connectivity index (χ2v) is 5.38. The van der Waals surface area contributed by atoms with Crippen LogP contribution >= 0.6 is 22.6 Å². The summed E-state index contributed by atoms with van der Waals surface area (Å²) in [5.74, 6) is -0.0434. The molecular formula is C15H19IO3. The van der Waals surface area contributed by atoms with E-state index in [2.05, 4.69) is 29.5 Å². The normalized spacial score (nSPS) is 11.4. The van der Waals surface area contributed by atoms with E-state index in [1.165, 1.54) is 0 Å². The number of carbonyl (C=O) groups is 1. The molecule has 0 aliphatic heterocycles. The molecule has 104 valence electrons. The third-order valence-corrected chi connectivity index (χ3v) is 3.60. The van der Waals surface area contributed by atoms with Crippen LogP contribution in [-0.2, 0) is 4.79 Å². The van der Waals surface area contributed by atoms with E-state index in [4.69, 9.17) is 9.84 Å². The van der Waals surface area contributed by atoms with Crippen LogP contribution in [0.2, 0.25) is 0 Å². The molecule has 0 aliphatic carbocycles. The first-order valence-electron chi connectivity index (χ1n) is 6.44. The summed E-state index contributed by atoms with van der Waals surface area (Å²) in [7, 11) is 0. The number of carboxylic acids is 1. The van der Waals surface area contributed by atoms with Crippen LogP contribution in [0.25, 0.3) is 6.08 Å². The number of aliphatic carboxylic acids is 1. The van der Waals surface area contributed by atoms with Crippen LogP contribution < -0.4 is 4.74 Å². The fourth-order valence-electron chi connectivity index (χ4n) is 1.56. The van der Waals surface area contributed by atoms with E-state index in [1.807, 2.05) is 25.1 Å². The Hall–Kier alpha value is -1.04. The van der Waals surface area contributed by atoms with Gasteiger partial charge in [0.05, 0.1) is 10.2 Å². The Bertz CT molecular complexity index is 466. The minimum absolute atomic E-state index is 0.403. The van der Waals surface area contributed by atoms with Gasteiger partial charge in [-0.15, -0.1) is 0 Å². The first-order valence-corrected chi connectivity index (χ1v) is 7.52. The zero-order chi connectivity index (χ0) is 14.3. The molecule has 19 heavy (non-hydrogen) atoms. The van der Waals surface area contributed by atoms with Gasteiger partial charge in [0.15, 0.2) is 0 Å². The highest BCUT2D eigenvalue weighted by atomic mass is 127. The van der Waals surface area contributed by atoms with Crippen molar-refractivity contribution in [3.8, 4) is 5.75 Å². The molecule has 0 aromatic heterocycles. The lowest BCUT2D eigenvalue weighted by Gasteiger charge is -2.09. The summed E-state index contributed by atoms with van der Waals surface area (Å²) in [6.45, 7) is 4.65. The molecule has 0 unspecified atom stereocenters. The molecular weight excluding hydrogens is 355 g/mol. The van der Waals surface area contributed by atoms with Crippen molar-refractivity contribution in [1.82, 2.24) is 0 Å². The average Bonchev–Trinajstić information content (AvgIpc) is 2.39. The van der Waals surface area contributed by atoms with E-state index in [9.17, 15) is 4.79 Å². The maximum absolute atomic E-state index is 11.0. The largest absolute Gasteiger partial charge is 0.492 e. The van der Waals surface area contributed by atoms with E-state index in [0.717, 1.165) is 27.7 Å². The van der Waals surface area contributed by atoms with Gasteiger partial charge in [-0.2, -0.15) is 0 Å². The summed E-state index contributed by atoms with van der Waals surface area (Å²) >= 11 is 2.22. The standard InChI is InChI=1S/C15H19IO3/c1-3-5-8-19-14-10-11(6-7-13(14)16)9-12(4-2)15(17)18/h6-7,9-10H,3-5,8H2,1-2H3,(H,17,18). The molecule has 0 aliphatic rings. The third kappa shape index (κ3) is 5.22. The molecule has 0 saturated carbocycles. The SMILES string of the molecule is CCCCOc1cc(C=C(CC)C(=O)O)ccc1I. The van der Waals surface area contributed by atoms with Crippen LogP contribution in [0.5, 0.6) is 5.75 Å². The highest BCUT2D eigenvalue weighted by Crippen LogP contribution is 2.24. The number of hydrogen-bond acceptors (Lipinski definition) is 2. The minimum Gasteiger partial charge on any atom is -0.492 e. The maximum atomic E-state index is 11.0. The topological polar surface area (TPSA) is 46.5 Å². The third-order valence-electron chi connectivity index (χ3n) is 2.71. The predicted octanol–water partition coefficient (Wildman–Crippen LogP) is 4.35. The molecule has 0 spiro atoms. The lowest BCUT2D eigenvalue weighted by Crippen LogP contribution is -2.00. The average molecular weight is 374 g/mol. The van der Waals surface area contributed by atoms with Crippen LogP contribution in [-0.4, -0.2) is 17.7 Å². The number of benzene rings is 1. The molecule has 3 nitrogen and oxygen atoms in total. The van der Waals surface area contributed by atoms with Crippen molar-refractivity contribution < 1.29 is 14.6 Å². The molecule has 1 rings (SSSR count). The van der Waals surface area contributed by atoms with E-state index < -0.39 is 5.97 Å². The van der Waals surface area contributed by atoms with Crippen molar-refractivity contribution in [2.24, 2.45) is 0 Å². The smallest absolute Gasteiger partial charge is 0.331 e. The summed E-state index contributed by atoms with van der Waals surface area (Å²) in [6.07, 6.45) is 4.32. The number of hydrogen-bond donors (Lipinski definition) is 1. The van der Waals surface area contributed by atoms with Gasteiger partial charge in [-0.05, 0) is 59.2 Å². The zero-order valence-corrected chi connectivity index (χ0v) is 13.4. The summed E-state index contributed by atoms with van der Waals surface area (Å²) in [4.78, 5) is 11.0. The van der Waals surface area contributed by atoms with E-state index in [1.54, 1.807) is 6.08 Å². The lowest BCUT2D eigenvalue weighted by atomic mass is 10.1. The number of carboxylic acid groups (broad SMARTS) is 1. The van der Waals surface area contributed by atoms with Crippen LogP contribution in [0.4, 0.5) is 0 Å². The van der Waals surface area contributed by atoms with Crippen molar-refractivity contribution in [2.45, 2.75) is 33.1 Å². The van der Waals surface area contributed by atoms with E-state index >= 15 is 0 Å². The molecule has 0 radical (unpaired) electrons. The van der Waals surface area contributed by atoms with Gasteiger partial charge in [0.2, 0.25) is 0 Å². The molecule has 0 amide bonds. The summed E-state index contributed by atoms with van der Waals surface area (Å²) in [6, 6.07) is 5.76. The van der Waals surface area contributed by atoms with Crippen LogP contribution in [0.3, 0.4) is 0 Å². The van der Waals surface area contributed by atoms with Gasteiger partial charge in [0.1, 0.15) is 5.75 Å². The van der Waals surface area contributed by atoms with Crippen molar-refractivity contribution in [1.29, 1.82) is 0 Å². The van der Waals surface area contributed by atoms with Crippen LogP contribution in [0.1, 0.15) is 38.7 Å². The number of halogens is 1. The highest BCUT2D eigenvalue weighted by Gasteiger charge is 2.06. The highest BCUT2D eigenvalue weighted by molar-refractivity contribution is 14.1. The van der Waals surface area contributed by atoms with Crippen LogP contribution in [0.15, 0.2) is 23.8 Å². The monoisotopic (exact) mass is 374 g/mol. The predicted molar refractivity (Wildman–Crippen MR) is 85.5 cm³/mol. The fraction of sp³-hybridized carbons (Fsp3) is 0.400. The Morgan fingerprint density at radius 2 is 2.16 bits per heavy atom. The summed E-state index contributed by atoms with van der Waals surface area (Å²) in [5.41, 5.74) is 1.27. The van der Waals surface area contributed by atoms with Crippen molar-refractivity contribution in [2.75, 3.05) is 6.61 Å². The van der Waals surface area contributed by atoms with E-state index in [0.29, 0.717) is 18.6 Å². The fourth-order valence-corrected chi connectivity index (χ4v) is 2.05. The van der Waals surface area contributed by atoms with Crippen molar-refractivity contribution >= 4 is 34.6 Å². The maximum Gasteiger partial charge on any atom is 0.331 e. The molecule has 0 heterocycles. The Balaban J connectivity index is 2.91. The van der Waals surface area contributed by atoms with Crippen molar-refractivity contribution in [3.05, 3.63) is 32.9 Å². The van der Waals surface area contributed by atoms with Gasteiger partial charge in [-0.1, -0.05) is 26.3 Å². The second-order valence-electron chi connectivity index (χ2n) is 4.22. The van der Waals surface area contributed by atoms with Gasteiger partial charge in [0.25, 0.3) is 0 Å². The van der Waals surface area contributed by atoms with Crippen LogP contribution in [0, 0.1) is 3.57 Å². The minimum atomic E-state index is -0.866. The Morgan fingerprint density at radius 3 is 2.74 bits per heavy atom. The molecule has 0 saturated heterocycles. The number of rotatable bonds is 7. The first-order chi connectivity index (χ1) is 9.08.